The maximum Gasteiger partial charge on any atom is 0.123 e. The Kier molecular flexibility index (Phi) is 7.13. The van der Waals surface area contributed by atoms with Crippen LogP contribution in [0, 0.1) is 5.92 Å². The first-order valence-corrected chi connectivity index (χ1v) is 7.41. The molecule has 3 heteroatoms. The first-order chi connectivity index (χ1) is 8.27. The van der Waals surface area contributed by atoms with Gasteiger partial charge in [0, 0.05) is 17.9 Å². The first-order valence-electron chi connectivity index (χ1n) is 6.26. The van der Waals surface area contributed by atoms with Crippen LogP contribution in [-0.2, 0) is 6.54 Å². The third-order valence-corrected chi connectivity index (χ3v) is 4.04. The standard InChI is InChI=1S/C14H23NOS/c1-3-12(2)11-17-9-8-16-14-7-5-4-6-13(14)10-15/h4-7,12H,3,8-11,15H2,1-2H3. The summed E-state index contributed by atoms with van der Waals surface area (Å²) < 4.78 is 5.74. The van der Waals surface area contributed by atoms with Crippen molar-refractivity contribution in [2.45, 2.75) is 26.8 Å². The van der Waals surface area contributed by atoms with Gasteiger partial charge in [-0.25, -0.2) is 0 Å². The molecule has 17 heavy (non-hydrogen) atoms. The van der Waals surface area contributed by atoms with Crippen LogP contribution in [0.25, 0.3) is 0 Å². The monoisotopic (exact) mass is 253 g/mol. The quantitative estimate of drug-likeness (QED) is 0.722. The van der Waals surface area contributed by atoms with E-state index >= 15 is 0 Å². The van der Waals surface area contributed by atoms with Gasteiger partial charge in [0.05, 0.1) is 6.61 Å². The number of ether oxygens (including phenoxy) is 1. The molecule has 1 rings (SSSR count). The number of hydrogen-bond donors (Lipinski definition) is 1. The lowest BCUT2D eigenvalue weighted by Gasteiger charge is -2.11. The predicted molar refractivity (Wildman–Crippen MR) is 76.6 cm³/mol. The highest BCUT2D eigenvalue weighted by Crippen LogP contribution is 2.18. The van der Waals surface area contributed by atoms with Crippen molar-refractivity contribution >= 4 is 11.8 Å². The van der Waals surface area contributed by atoms with Gasteiger partial charge in [0.2, 0.25) is 0 Å². The molecule has 0 fully saturated rings. The van der Waals surface area contributed by atoms with E-state index in [-0.39, 0.29) is 0 Å². The number of nitrogens with two attached hydrogens (primary N) is 1. The molecule has 2 N–H and O–H groups in total. The maximum absolute atomic E-state index is 5.74. The summed E-state index contributed by atoms with van der Waals surface area (Å²) in [6.45, 7) is 5.82. The first kappa shape index (κ1) is 14.4. The second-order valence-corrected chi connectivity index (χ2v) is 5.40. The summed E-state index contributed by atoms with van der Waals surface area (Å²) in [5.41, 5.74) is 6.74. The normalized spacial score (nSPS) is 12.4. The van der Waals surface area contributed by atoms with Crippen molar-refractivity contribution in [3.8, 4) is 5.75 Å². The second-order valence-electron chi connectivity index (χ2n) is 4.25. The zero-order valence-corrected chi connectivity index (χ0v) is 11.6. The van der Waals surface area contributed by atoms with Gasteiger partial charge >= 0.3 is 0 Å². The molecule has 2 nitrogen and oxygen atoms in total. The molecule has 0 aliphatic carbocycles. The van der Waals surface area contributed by atoms with Gasteiger partial charge < -0.3 is 10.5 Å². The molecule has 0 radical (unpaired) electrons. The fourth-order valence-electron chi connectivity index (χ4n) is 1.43. The number of para-hydroxylation sites is 1. The minimum absolute atomic E-state index is 0.538. The molecule has 96 valence electrons. The molecule has 0 heterocycles. The van der Waals surface area contributed by atoms with E-state index in [2.05, 4.69) is 13.8 Å². The molecule has 0 aliphatic heterocycles. The lowest BCUT2D eigenvalue weighted by Crippen LogP contribution is -2.06. The van der Waals surface area contributed by atoms with Gasteiger partial charge in [0.1, 0.15) is 5.75 Å². The van der Waals surface area contributed by atoms with Crippen molar-refractivity contribution in [1.82, 2.24) is 0 Å². The zero-order valence-electron chi connectivity index (χ0n) is 10.8. The van der Waals surface area contributed by atoms with E-state index in [9.17, 15) is 0 Å². The van der Waals surface area contributed by atoms with Gasteiger partial charge in [-0.3, -0.25) is 0 Å². The van der Waals surface area contributed by atoms with Crippen molar-refractivity contribution < 1.29 is 4.74 Å². The SMILES string of the molecule is CCC(C)CSCCOc1ccccc1CN. The van der Waals surface area contributed by atoms with Crippen LogP contribution >= 0.6 is 11.8 Å². The Bertz CT molecular complexity index is 317. The van der Waals surface area contributed by atoms with E-state index in [0.717, 1.165) is 29.6 Å². The number of thioether (sulfide) groups is 1. The Morgan fingerprint density at radius 2 is 2.12 bits per heavy atom. The predicted octanol–water partition coefficient (Wildman–Crippen LogP) is 3.30. The van der Waals surface area contributed by atoms with Crippen molar-refractivity contribution in [2.75, 3.05) is 18.1 Å². The Morgan fingerprint density at radius 1 is 1.35 bits per heavy atom. The molecule has 0 amide bonds. The molecule has 1 aromatic carbocycles. The molecule has 0 saturated carbocycles. The molecule has 1 aromatic rings. The number of hydrogen-bond acceptors (Lipinski definition) is 3. The van der Waals surface area contributed by atoms with Crippen LogP contribution in [0.4, 0.5) is 0 Å². The third-order valence-electron chi connectivity index (χ3n) is 2.78. The summed E-state index contributed by atoms with van der Waals surface area (Å²) in [7, 11) is 0. The van der Waals surface area contributed by atoms with Crippen molar-refractivity contribution in [2.24, 2.45) is 11.7 Å². The van der Waals surface area contributed by atoms with Crippen LogP contribution in [0.1, 0.15) is 25.8 Å². The largest absolute Gasteiger partial charge is 0.492 e. The summed E-state index contributed by atoms with van der Waals surface area (Å²) in [6, 6.07) is 7.98. The van der Waals surface area contributed by atoms with Gasteiger partial charge in [-0.15, -0.1) is 0 Å². The molecule has 1 unspecified atom stereocenters. The summed E-state index contributed by atoms with van der Waals surface area (Å²) in [4.78, 5) is 0. The van der Waals surface area contributed by atoms with Crippen LogP contribution in [-0.4, -0.2) is 18.1 Å². The zero-order chi connectivity index (χ0) is 12.5. The maximum atomic E-state index is 5.74. The van der Waals surface area contributed by atoms with Crippen LogP contribution in [0.3, 0.4) is 0 Å². The fourth-order valence-corrected chi connectivity index (χ4v) is 2.43. The smallest absolute Gasteiger partial charge is 0.123 e. The molecule has 0 saturated heterocycles. The Labute approximate surface area is 109 Å². The Hall–Kier alpha value is -0.670. The Balaban J connectivity index is 2.22. The van der Waals surface area contributed by atoms with Gasteiger partial charge in [-0.2, -0.15) is 11.8 Å². The van der Waals surface area contributed by atoms with Crippen LogP contribution < -0.4 is 10.5 Å². The van der Waals surface area contributed by atoms with E-state index in [1.165, 1.54) is 12.2 Å². The van der Waals surface area contributed by atoms with Crippen LogP contribution in [0.15, 0.2) is 24.3 Å². The second kappa shape index (κ2) is 8.43. The molecule has 1 atom stereocenters. The summed E-state index contributed by atoms with van der Waals surface area (Å²) in [5.74, 6) is 4.00. The van der Waals surface area contributed by atoms with E-state index in [4.69, 9.17) is 10.5 Å². The van der Waals surface area contributed by atoms with Gasteiger partial charge in [0.15, 0.2) is 0 Å². The van der Waals surface area contributed by atoms with E-state index < -0.39 is 0 Å². The minimum atomic E-state index is 0.538. The van der Waals surface area contributed by atoms with E-state index in [1.54, 1.807) is 0 Å². The molecular formula is C14H23NOS. The third kappa shape index (κ3) is 5.46. The summed E-state index contributed by atoms with van der Waals surface area (Å²) >= 11 is 1.96. The van der Waals surface area contributed by atoms with Gasteiger partial charge in [0.25, 0.3) is 0 Å². The molecule has 0 bridgehead atoms. The van der Waals surface area contributed by atoms with Crippen molar-refractivity contribution in [3.63, 3.8) is 0 Å². The molecular weight excluding hydrogens is 230 g/mol. The van der Waals surface area contributed by atoms with E-state index in [1.807, 2.05) is 36.0 Å². The molecule has 0 spiro atoms. The van der Waals surface area contributed by atoms with Gasteiger partial charge in [-0.05, 0) is 17.7 Å². The van der Waals surface area contributed by atoms with Crippen molar-refractivity contribution in [1.29, 1.82) is 0 Å². The number of benzene rings is 1. The van der Waals surface area contributed by atoms with Crippen LogP contribution in [0.5, 0.6) is 5.75 Å². The van der Waals surface area contributed by atoms with Crippen LogP contribution in [0.2, 0.25) is 0 Å². The highest BCUT2D eigenvalue weighted by atomic mass is 32.2. The lowest BCUT2D eigenvalue weighted by molar-refractivity contribution is 0.340. The highest BCUT2D eigenvalue weighted by molar-refractivity contribution is 7.99. The minimum Gasteiger partial charge on any atom is -0.492 e. The lowest BCUT2D eigenvalue weighted by atomic mass is 10.2. The average molecular weight is 253 g/mol. The average Bonchev–Trinajstić information content (AvgIpc) is 2.38. The Morgan fingerprint density at radius 3 is 2.82 bits per heavy atom. The van der Waals surface area contributed by atoms with Crippen molar-refractivity contribution in [3.05, 3.63) is 29.8 Å². The van der Waals surface area contributed by atoms with Gasteiger partial charge in [-0.1, -0.05) is 38.5 Å². The number of rotatable bonds is 8. The fraction of sp³-hybridized carbons (Fsp3) is 0.571. The van der Waals surface area contributed by atoms with E-state index in [0.29, 0.717) is 6.54 Å². The molecule has 0 aromatic heterocycles. The molecule has 0 aliphatic rings. The highest BCUT2D eigenvalue weighted by Gasteiger charge is 2.01. The summed E-state index contributed by atoms with van der Waals surface area (Å²) in [6.07, 6.45) is 1.25. The topological polar surface area (TPSA) is 35.2 Å². The summed E-state index contributed by atoms with van der Waals surface area (Å²) in [5, 5.41) is 0.